The fourth-order valence-electron chi connectivity index (χ4n) is 3.35. The van der Waals surface area contributed by atoms with Crippen molar-refractivity contribution in [3.05, 3.63) is 64.2 Å². The van der Waals surface area contributed by atoms with Crippen molar-refractivity contribution in [2.75, 3.05) is 13.2 Å². The second kappa shape index (κ2) is 8.37. The van der Waals surface area contributed by atoms with E-state index in [1.807, 2.05) is 24.3 Å². The van der Waals surface area contributed by atoms with Gasteiger partial charge in [-0.05, 0) is 48.6 Å². The van der Waals surface area contributed by atoms with Gasteiger partial charge in [0.25, 0.3) is 5.91 Å². The first-order valence-corrected chi connectivity index (χ1v) is 11.5. The molecule has 0 aromatic heterocycles. The van der Waals surface area contributed by atoms with Gasteiger partial charge in [0.1, 0.15) is 4.90 Å². The van der Waals surface area contributed by atoms with Gasteiger partial charge in [0.2, 0.25) is 10.0 Å². The van der Waals surface area contributed by atoms with Gasteiger partial charge in [0, 0.05) is 19.1 Å². The molecule has 2 aliphatic rings. The zero-order chi connectivity index (χ0) is 21.3. The molecule has 0 unspecified atom stereocenters. The van der Waals surface area contributed by atoms with Crippen LogP contribution in [-0.2, 0) is 32.5 Å². The molecule has 1 aliphatic heterocycles. The van der Waals surface area contributed by atoms with Crippen molar-refractivity contribution in [3.63, 3.8) is 0 Å². The molecule has 0 spiro atoms. The van der Waals surface area contributed by atoms with Gasteiger partial charge in [-0.1, -0.05) is 35.9 Å². The van der Waals surface area contributed by atoms with Crippen LogP contribution in [0.3, 0.4) is 0 Å². The topological polar surface area (TPSA) is 92.8 Å². The molecule has 9 heteroatoms. The summed E-state index contributed by atoms with van der Waals surface area (Å²) in [5.41, 5.74) is 2.09. The summed E-state index contributed by atoms with van der Waals surface area (Å²) in [6, 6.07) is 11.8. The van der Waals surface area contributed by atoms with Gasteiger partial charge in [-0.3, -0.25) is 4.79 Å². The molecule has 1 amide bonds. The minimum Gasteiger partial charge on any atom is -0.452 e. The monoisotopic (exact) mass is 448 g/mol. The number of nitrogens with zero attached hydrogens (tertiary/aromatic N) is 1. The van der Waals surface area contributed by atoms with Gasteiger partial charge >= 0.3 is 5.97 Å². The summed E-state index contributed by atoms with van der Waals surface area (Å²) >= 11 is 6.17. The average molecular weight is 449 g/mol. The molecule has 1 saturated carbocycles. The second-order valence-corrected chi connectivity index (χ2v) is 9.73. The van der Waals surface area contributed by atoms with E-state index in [4.69, 9.17) is 16.3 Å². The third-order valence-corrected chi connectivity index (χ3v) is 7.48. The summed E-state index contributed by atoms with van der Waals surface area (Å²) in [6.07, 6.45) is 2.46. The van der Waals surface area contributed by atoms with E-state index in [1.54, 1.807) is 0 Å². The van der Waals surface area contributed by atoms with E-state index in [2.05, 4.69) is 5.32 Å². The van der Waals surface area contributed by atoms with Crippen molar-refractivity contribution in [2.24, 2.45) is 0 Å². The van der Waals surface area contributed by atoms with E-state index in [0.29, 0.717) is 13.0 Å². The maximum Gasteiger partial charge on any atom is 0.338 e. The van der Waals surface area contributed by atoms with E-state index in [1.165, 1.54) is 22.5 Å². The number of amides is 1. The summed E-state index contributed by atoms with van der Waals surface area (Å²) < 4.78 is 32.8. The maximum atomic E-state index is 13.2. The number of hydrogen-bond acceptors (Lipinski definition) is 5. The molecule has 0 atom stereocenters. The predicted octanol–water partition coefficient (Wildman–Crippen LogP) is 2.52. The Balaban J connectivity index is 1.50. The lowest BCUT2D eigenvalue weighted by Gasteiger charge is -2.28. The van der Waals surface area contributed by atoms with Crippen LogP contribution in [-0.4, -0.2) is 43.8 Å². The van der Waals surface area contributed by atoms with Crippen LogP contribution in [0.2, 0.25) is 5.02 Å². The van der Waals surface area contributed by atoms with Crippen molar-refractivity contribution < 1.29 is 22.7 Å². The number of ether oxygens (including phenoxy) is 1. The first kappa shape index (κ1) is 20.8. The van der Waals surface area contributed by atoms with Crippen molar-refractivity contribution in [1.82, 2.24) is 9.62 Å². The SMILES string of the molecule is O=C(COC(=O)c1ccc(Cl)c(S(=O)(=O)N2CCc3ccccc3C2)c1)NC1CC1. The fraction of sp³-hybridized carbons (Fsp3) is 0.333. The molecule has 1 fully saturated rings. The molecular formula is C21H21ClN2O5S. The minimum absolute atomic E-state index is 0.0228. The number of halogens is 1. The normalized spacial score (nSPS) is 16.6. The van der Waals surface area contributed by atoms with Crippen molar-refractivity contribution in [1.29, 1.82) is 0 Å². The molecular weight excluding hydrogens is 428 g/mol. The summed E-state index contributed by atoms with van der Waals surface area (Å²) in [5.74, 6) is -1.15. The Kier molecular flexibility index (Phi) is 5.81. The van der Waals surface area contributed by atoms with Gasteiger partial charge in [-0.2, -0.15) is 4.31 Å². The smallest absolute Gasteiger partial charge is 0.338 e. The van der Waals surface area contributed by atoms with Crippen molar-refractivity contribution in [2.45, 2.75) is 36.7 Å². The zero-order valence-corrected chi connectivity index (χ0v) is 17.7. The molecule has 30 heavy (non-hydrogen) atoms. The van der Waals surface area contributed by atoms with Crippen LogP contribution in [0.5, 0.6) is 0 Å². The quantitative estimate of drug-likeness (QED) is 0.685. The minimum atomic E-state index is -3.92. The summed E-state index contributed by atoms with van der Waals surface area (Å²) in [5, 5.41) is 2.74. The van der Waals surface area contributed by atoms with Crippen LogP contribution >= 0.6 is 11.6 Å². The number of benzene rings is 2. The lowest BCUT2D eigenvalue weighted by molar-refractivity contribution is -0.124. The molecule has 0 bridgehead atoms. The van der Waals surface area contributed by atoms with Crippen LogP contribution in [0.1, 0.15) is 34.3 Å². The van der Waals surface area contributed by atoms with Gasteiger partial charge in [-0.25, -0.2) is 13.2 Å². The molecule has 158 valence electrons. The number of nitrogens with one attached hydrogen (secondary N) is 1. The first-order valence-electron chi connectivity index (χ1n) is 9.67. The van der Waals surface area contributed by atoms with Crippen LogP contribution in [0.4, 0.5) is 0 Å². The van der Waals surface area contributed by atoms with Gasteiger partial charge in [0.15, 0.2) is 6.61 Å². The van der Waals surface area contributed by atoms with E-state index in [9.17, 15) is 18.0 Å². The second-order valence-electron chi connectivity index (χ2n) is 7.42. The number of carbonyl (C=O) groups is 2. The number of hydrogen-bond donors (Lipinski definition) is 1. The van der Waals surface area contributed by atoms with E-state index < -0.39 is 22.6 Å². The lowest BCUT2D eigenvalue weighted by Crippen LogP contribution is -2.36. The first-order chi connectivity index (χ1) is 14.3. The molecule has 1 heterocycles. The standard InChI is InChI=1S/C21H21ClN2O5S/c22-18-8-5-15(21(26)29-13-20(25)23-17-6-7-17)11-19(18)30(27,28)24-10-9-14-3-1-2-4-16(14)12-24/h1-5,8,11,17H,6-7,9-10,12-13H2,(H,23,25). The molecule has 1 aliphatic carbocycles. The summed E-state index contributed by atoms with van der Waals surface area (Å²) in [7, 11) is -3.92. The highest BCUT2D eigenvalue weighted by Gasteiger charge is 2.31. The third kappa shape index (κ3) is 4.50. The third-order valence-electron chi connectivity index (χ3n) is 5.16. The Morgan fingerprint density at radius 1 is 1.13 bits per heavy atom. The summed E-state index contributed by atoms with van der Waals surface area (Å²) in [6.45, 7) is 0.152. The predicted molar refractivity (Wildman–Crippen MR) is 111 cm³/mol. The largest absolute Gasteiger partial charge is 0.452 e. The summed E-state index contributed by atoms with van der Waals surface area (Å²) in [4.78, 5) is 23.9. The highest BCUT2D eigenvalue weighted by molar-refractivity contribution is 7.89. The number of rotatable bonds is 6. The lowest BCUT2D eigenvalue weighted by atomic mass is 10.0. The van der Waals surface area contributed by atoms with Crippen LogP contribution < -0.4 is 5.32 Å². The number of sulfonamides is 1. The van der Waals surface area contributed by atoms with Gasteiger partial charge in [-0.15, -0.1) is 0 Å². The Morgan fingerprint density at radius 2 is 1.87 bits per heavy atom. The molecule has 7 nitrogen and oxygen atoms in total. The van der Waals surface area contributed by atoms with Crippen molar-refractivity contribution in [3.8, 4) is 0 Å². The molecule has 0 radical (unpaired) electrons. The average Bonchev–Trinajstić information content (AvgIpc) is 3.55. The molecule has 0 saturated heterocycles. The van der Waals surface area contributed by atoms with Gasteiger partial charge in [0.05, 0.1) is 10.6 Å². The fourth-order valence-corrected chi connectivity index (χ4v) is 5.27. The Morgan fingerprint density at radius 3 is 2.60 bits per heavy atom. The number of carbonyl (C=O) groups excluding carboxylic acids is 2. The molecule has 4 rings (SSSR count). The maximum absolute atomic E-state index is 13.2. The Bertz CT molecular complexity index is 1100. The zero-order valence-electron chi connectivity index (χ0n) is 16.1. The van der Waals surface area contributed by atoms with Crippen LogP contribution in [0.15, 0.2) is 47.4 Å². The van der Waals surface area contributed by atoms with Crippen LogP contribution in [0, 0.1) is 0 Å². The van der Waals surface area contributed by atoms with Gasteiger partial charge < -0.3 is 10.1 Å². The van der Waals surface area contributed by atoms with Crippen LogP contribution in [0.25, 0.3) is 0 Å². The van der Waals surface area contributed by atoms with E-state index >= 15 is 0 Å². The van der Waals surface area contributed by atoms with E-state index in [-0.39, 0.29) is 34.0 Å². The number of esters is 1. The highest BCUT2D eigenvalue weighted by atomic mass is 35.5. The number of fused-ring (bicyclic) bond motifs is 1. The molecule has 2 aromatic rings. The Hall–Kier alpha value is -2.42. The highest BCUT2D eigenvalue weighted by Crippen LogP contribution is 2.30. The molecule has 2 aromatic carbocycles. The Labute approximate surface area is 180 Å². The van der Waals surface area contributed by atoms with Crippen molar-refractivity contribution >= 4 is 33.5 Å². The molecule has 1 N–H and O–H groups in total. The van der Waals surface area contributed by atoms with E-state index in [0.717, 1.165) is 24.0 Å².